The Kier molecular flexibility index (Phi) is 4.77. The molecule has 112 valence electrons. The molecule has 1 atom stereocenters. The highest BCUT2D eigenvalue weighted by atomic mass is 32.1. The molecule has 2 heteroatoms. The molecule has 2 heterocycles. The Balaban J connectivity index is 1.82. The van der Waals surface area contributed by atoms with Crippen LogP contribution in [0.1, 0.15) is 53.3 Å². The van der Waals surface area contributed by atoms with E-state index in [1.54, 1.807) is 4.88 Å². The van der Waals surface area contributed by atoms with Crippen molar-refractivity contribution in [3.63, 3.8) is 0 Å². The van der Waals surface area contributed by atoms with E-state index in [2.05, 4.69) is 54.5 Å². The first-order valence-corrected chi connectivity index (χ1v) is 8.95. The molecule has 21 heavy (non-hydrogen) atoms. The molecule has 3 rings (SSSR count). The number of hydrogen-bond acceptors (Lipinski definition) is 2. The number of rotatable bonds is 3. The van der Waals surface area contributed by atoms with E-state index in [1.807, 2.05) is 11.3 Å². The molecule has 1 aliphatic rings. The van der Waals surface area contributed by atoms with Gasteiger partial charge < -0.3 is 0 Å². The van der Waals surface area contributed by atoms with Gasteiger partial charge in [0, 0.05) is 17.5 Å². The highest BCUT2D eigenvalue weighted by molar-refractivity contribution is 7.10. The molecule has 1 saturated heterocycles. The molecule has 0 spiro atoms. The molecule has 0 bridgehead atoms. The van der Waals surface area contributed by atoms with E-state index in [9.17, 15) is 0 Å². The van der Waals surface area contributed by atoms with Crippen LogP contribution in [0.4, 0.5) is 0 Å². The average Bonchev–Trinajstić information content (AvgIpc) is 2.89. The molecule has 1 unspecified atom stereocenters. The second-order valence-corrected chi connectivity index (χ2v) is 7.26. The fourth-order valence-corrected chi connectivity index (χ4v) is 4.30. The molecule has 1 aromatic carbocycles. The lowest BCUT2D eigenvalue weighted by molar-refractivity contribution is 0.195. The monoisotopic (exact) mass is 299 g/mol. The number of thiophene rings is 1. The van der Waals surface area contributed by atoms with Crippen molar-refractivity contribution in [1.82, 2.24) is 4.90 Å². The van der Waals surface area contributed by atoms with Crippen molar-refractivity contribution < 1.29 is 0 Å². The normalized spacial score (nSPS) is 20.4. The molecule has 1 nitrogen and oxygen atoms in total. The minimum atomic E-state index is 0.619. The predicted octanol–water partition coefficient (Wildman–Crippen LogP) is 5.48. The fraction of sp³-hybridized carbons (Fsp3) is 0.474. The molecule has 1 fully saturated rings. The number of likely N-dealkylation sites (tertiary alicyclic amines) is 1. The fourth-order valence-electron chi connectivity index (χ4n) is 3.40. The highest BCUT2D eigenvalue weighted by Crippen LogP contribution is 2.34. The van der Waals surface area contributed by atoms with Gasteiger partial charge in [0.05, 0.1) is 0 Å². The largest absolute Gasteiger partial charge is 0.291 e. The standard InChI is InChI=1S/C19H25NS/c1-15-9-10-17(16(2)13-15)14-20-11-5-3-4-7-18(20)19-8-6-12-21-19/h6,8-10,12-13,18H,3-5,7,11,14H2,1-2H3. The van der Waals surface area contributed by atoms with Gasteiger partial charge in [-0.1, -0.05) is 42.7 Å². The second kappa shape index (κ2) is 6.76. The van der Waals surface area contributed by atoms with Crippen molar-refractivity contribution in [2.75, 3.05) is 6.54 Å². The van der Waals surface area contributed by atoms with Gasteiger partial charge in [-0.05, 0) is 55.8 Å². The van der Waals surface area contributed by atoms with Crippen molar-refractivity contribution >= 4 is 11.3 Å². The average molecular weight is 299 g/mol. The summed E-state index contributed by atoms with van der Waals surface area (Å²) in [4.78, 5) is 4.25. The molecule has 1 aromatic heterocycles. The van der Waals surface area contributed by atoms with Crippen molar-refractivity contribution in [2.24, 2.45) is 0 Å². The summed E-state index contributed by atoms with van der Waals surface area (Å²) in [5.41, 5.74) is 4.29. The molecule has 0 saturated carbocycles. The summed E-state index contributed by atoms with van der Waals surface area (Å²) in [5, 5.41) is 2.22. The smallest absolute Gasteiger partial charge is 0.0445 e. The SMILES string of the molecule is Cc1ccc(CN2CCCCCC2c2cccs2)c(C)c1. The van der Waals surface area contributed by atoms with E-state index in [0.29, 0.717) is 6.04 Å². The van der Waals surface area contributed by atoms with Crippen LogP contribution in [0, 0.1) is 13.8 Å². The summed E-state index contributed by atoms with van der Waals surface area (Å²) in [5.74, 6) is 0. The van der Waals surface area contributed by atoms with Gasteiger partial charge in [-0.15, -0.1) is 11.3 Å². The van der Waals surface area contributed by atoms with Crippen LogP contribution in [-0.2, 0) is 6.54 Å². The van der Waals surface area contributed by atoms with E-state index in [-0.39, 0.29) is 0 Å². The number of benzene rings is 1. The zero-order valence-corrected chi connectivity index (χ0v) is 14.0. The van der Waals surface area contributed by atoms with Gasteiger partial charge in [0.2, 0.25) is 0 Å². The molecule has 0 radical (unpaired) electrons. The van der Waals surface area contributed by atoms with Gasteiger partial charge in [0.1, 0.15) is 0 Å². The van der Waals surface area contributed by atoms with E-state index >= 15 is 0 Å². The Hall–Kier alpha value is -1.12. The predicted molar refractivity (Wildman–Crippen MR) is 91.9 cm³/mol. The molecular formula is C19H25NS. The van der Waals surface area contributed by atoms with Gasteiger partial charge in [0.25, 0.3) is 0 Å². The van der Waals surface area contributed by atoms with Crippen LogP contribution in [0.5, 0.6) is 0 Å². The van der Waals surface area contributed by atoms with E-state index < -0.39 is 0 Å². The Labute approximate surface area is 132 Å². The van der Waals surface area contributed by atoms with Crippen molar-refractivity contribution in [3.05, 3.63) is 57.3 Å². The van der Waals surface area contributed by atoms with E-state index in [0.717, 1.165) is 6.54 Å². The first-order valence-electron chi connectivity index (χ1n) is 8.07. The van der Waals surface area contributed by atoms with Crippen molar-refractivity contribution in [1.29, 1.82) is 0 Å². The van der Waals surface area contributed by atoms with Crippen LogP contribution in [-0.4, -0.2) is 11.4 Å². The molecule has 1 aliphatic heterocycles. The maximum Gasteiger partial charge on any atom is 0.0445 e. The first kappa shape index (κ1) is 14.8. The Morgan fingerprint density at radius 2 is 2.05 bits per heavy atom. The summed E-state index contributed by atoms with van der Waals surface area (Å²) in [7, 11) is 0. The maximum absolute atomic E-state index is 2.70. The van der Waals surface area contributed by atoms with E-state index in [1.165, 1.54) is 48.9 Å². The topological polar surface area (TPSA) is 3.24 Å². The third-order valence-electron chi connectivity index (χ3n) is 4.61. The quantitative estimate of drug-likeness (QED) is 0.725. The summed E-state index contributed by atoms with van der Waals surface area (Å²) >= 11 is 1.92. The molecule has 0 amide bonds. The number of nitrogens with zero attached hydrogens (tertiary/aromatic N) is 1. The van der Waals surface area contributed by atoms with Gasteiger partial charge >= 0.3 is 0 Å². The molecule has 2 aromatic rings. The Morgan fingerprint density at radius 1 is 1.14 bits per heavy atom. The van der Waals surface area contributed by atoms with E-state index in [4.69, 9.17) is 0 Å². The minimum Gasteiger partial charge on any atom is -0.291 e. The van der Waals surface area contributed by atoms with Crippen LogP contribution < -0.4 is 0 Å². The summed E-state index contributed by atoms with van der Waals surface area (Å²) < 4.78 is 0. The van der Waals surface area contributed by atoms with Gasteiger partial charge in [-0.25, -0.2) is 0 Å². The Bertz CT molecular complexity index is 573. The summed E-state index contributed by atoms with van der Waals surface area (Å²) in [6, 6.07) is 12.0. The molecule has 0 N–H and O–H groups in total. The third kappa shape index (κ3) is 3.56. The minimum absolute atomic E-state index is 0.619. The van der Waals surface area contributed by atoms with Crippen LogP contribution in [0.2, 0.25) is 0 Å². The van der Waals surface area contributed by atoms with Crippen molar-refractivity contribution in [3.8, 4) is 0 Å². The van der Waals surface area contributed by atoms with Gasteiger partial charge in [-0.2, -0.15) is 0 Å². The third-order valence-corrected chi connectivity index (χ3v) is 5.58. The lowest BCUT2D eigenvalue weighted by atomic mass is 10.0. The van der Waals surface area contributed by atoms with Gasteiger partial charge in [0.15, 0.2) is 0 Å². The number of aryl methyl sites for hydroxylation is 2. The zero-order valence-electron chi connectivity index (χ0n) is 13.1. The lowest BCUT2D eigenvalue weighted by Gasteiger charge is -2.30. The second-order valence-electron chi connectivity index (χ2n) is 6.28. The summed E-state index contributed by atoms with van der Waals surface area (Å²) in [6.45, 7) is 6.75. The highest BCUT2D eigenvalue weighted by Gasteiger charge is 2.23. The first-order chi connectivity index (χ1) is 10.2. The molecular weight excluding hydrogens is 274 g/mol. The van der Waals surface area contributed by atoms with Crippen LogP contribution in [0.15, 0.2) is 35.7 Å². The van der Waals surface area contributed by atoms with Crippen LogP contribution in [0.3, 0.4) is 0 Å². The van der Waals surface area contributed by atoms with Gasteiger partial charge in [-0.3, -0.25) is 4.90 Å². The van der Waals surface area contributed by atoms with Crippen molar-refractivity contribution in [2.45, 2.75) is 52.1 Å². The molecule has 0 aliphatic carbocycles. The summed E-state index contributed by atoms with van der Waals surface area (Å²) in [6.07, 6.45) is 5.40. The van der Waals surface area contributed by atoms with Crippen LogP contribution >= 0.6 is 11.3 Å². The van der Waals surface area contributed by atoms with Crippen LogP contribution in [0.25, 0.3) is 0 Å². The zero-order chi connectivity index (χ0) is 14.7. The lowest BCUT2D eigenvalue weighted by Crippen LogP contribution is -2.28. The Morgan fingerprint density at radius 3 is 2.81 bits per heavy atom. The number of hydrogen-bond donors (Lipinski definition) is 0. The maximum atomic E-state index is 2.70.